The van der Waals surface area contributed by atoms with Gasteiger partial charge in [-0.1, -0.05) is 64.7 Å². The fourth-order valence-corrected chi connectivity index (χ4v) is 2.64. The van der Waals surface area contributed by atoms with Gasteiger partial charge >= 0.3 is 11.9 Å². The van der Waals surface area contributed by atoms with Crippen LogP contribution in [0, 0.1) is 0 Å². The Morgan fingerprint density at radius 2 is 1.26 bits per heavy atom. The van der Waals surface area contributed by atoms with Crippen molar-refractivity contribution in [1.82, 2.24) is 0 Å². The molecule has 0 radical (unpaired) electrons. The van der Waals surface area contributed by atoms with E-state index in [-0.39, 0.29) is 6.42 Å². The van der Waals surface area contributed by atoms with E-state index in [4.69, 9.17) is 5.11 Å². The number of aliphatic hydroxyl groups excluding tert-OH is 5. The molecular formula is C19H36O8. The fraction of sp³-hybridized carbons (Fsp3) is 0.895. The molecule has 0 amide bonds. The molecule has 8 nitrogen and oxygen atoms in total. The number of rotatable bonds is 16. The molecule has 0 spiro atoms. The van der Waals surface area contributed by atoms with Gasteiger partial charge < -0.3 is 30.3 Å². The monoisotopic (exact) mass is 392 g/mol. The summed E-state index contributed by atoms with van der Waals surface area (Å²) >= 11 is 0. The zero-order valence-electron chi connectivity index (χ0n) is 16.3. The Labute approximate surface area is 161 Å². The number of carbonyl (C=O) groups is 2. The van der Waals surface area contributed by atoms with Gasteiger partial charge in [-0.25, -0.2) is 4.79 Å². The summed E-state index contributed by atoms with van der Waals surface area (Å²) in [6.07, 6.45) is 3.05. The maximum absolute atomic E-state index is 11.6. The highest BCUT2D eigenvalue weighted by molar-refractivity contribution is 5.88. The lowest BCUT2D eigenvalue weighted by molar-refractivity contribution is -0.176. The normalized spacial score (nSPS) is 15.8. The van der Waals surface area contributed by atoms with Crippen molar-refractivity contribution < 1.29 is 39.9 Å². The lowest BCUT2D eigenvalue weighted by atomic mass is 10.0. The molecule has 0 aliphatic carbocycles. The first-order valence-electron chi connectivity index (χ1n) is 9.92. The molecule has 0 saturated heterocycles. The summed E-state index contributed by atoms with van der Waals surface area (Å²) in [6, 6.07) is 0. The minimum absolute atomic E-state index is 0.0207. The third-order valence-corrected chi connectivity index (χ3v) is 4.45. The lowest BCUT2D eigenvalue weighted by Crippen LogP contribution is -2.49. The molecule has 0 aromatic heterocycles. The molecule has 0 saturated carbocycles. The van der Waals surface area contributed by atoms with E-state index in [1.54, 1.807) is 0 Å². The molecule has 0 aromatic rings. The molecule has 8 heteroatoms. The van der Waals surface area contributed by atoms with Gasteiger partial charge in [0.25, 0.3) is 0 Å². The molecule has 0 unspecified atom stereocenters. The quantitative estimate of drug-likeness (QED) is 0.147. The van der Waals surface area contributed by atoms with Crippen molar-refractivity contribution >= 4 is 11.9 Å². The lowest BCUT2D eigenvalue weighted by Gasteiger charge is -2.24. The Hall–Kier alpha value is -1.06. The third kappa shape index (κ3) is 12.1. The Bertz CT molecular complexity index is 401. The van der Waals surface area contributed by atoms with Gasteiger partial charge in [0.1, 0.15) is 18.3 Å². The zero-order valence-corrected chi connectivity index (χ0v) is 16.3. The van der Waals surface area contributed by atoms with Crippen LogP contribution < -0.4 is 0 Å². The first kappa shape index (κ1) is 25.9. The average Bonchev–Trinajstić information content (AvgIpc) is 2.66. The van der Waals surface area contributed by atoms with E-state index in [2.05, 4.69) is 11.7 Å². The van der Waals surface area contributed by atoms with Gasteiger partial charge in [0.05, 0.1) is 6.61 Å². The Morgan fingerprint density at radius 3 is 1.74 bits per heavy atom. The van der Waals surface area contributed by atoms with E-state index in [1.165, 1.54) is 38.5 Å². The summed E-state index contributed by atoms with van der Waals surface area (Å²) in [4.78, 5) is 23.2. The van der Waals surface area contributed by atoms with Gasteiger partial charge in [-0.2, -0.15) is 0 Å². The zero-order chi connectivity index (χ0) is 20.7. The highest BCUT2D eigenvalue weighted by Crippen LogP contribution is 2.12. The molecule has 0 aliphatic rings. The molecule has 0 fully saturated rings. The van der Waals surface area contributed by atoms with Gasteiger partial charge in [-0.05, 0) is 6.42 Å². The molecule has 4 atom stereocenters. The summed E-state index contributed by atoms with van der Waals surface area (Å²) in [5.41, 5.74) is 0. The van der Waals surface area contributed by atoms with Crippen molar-refractivity contribution in [3.63, 3.8) is 0 Å². The van der Waals surface area contributed by atoms with Gasteiger partial charge in [0, 0.05) is 6.42 Å². The van der Waals surface area contributed by atoms with Crippen molar-refractivity contribution in [2.75, 3.05) is 6.61 Å². The minimum Gasteiger partial charge on any atom is -0.394 e. The van der Waals surface area contributed by atoms with Crippen LogP contribution in [0.2, 0.25) is 0 Å². The second-order valence-corrected chi connectivity index (χ2v) is 6.90. The van der Waals surface area contributed by atoms with Crippen molar-refractivity contribution in [2.45, 2.75) is 102 Å². The first-order valence-corrected chi connectivity index (χ1v) is 9.92. The molecule has 0 aromatic carbocycles. The molecule has 5 N–H and O–H groups in total. The van der Waals surface area contributed by atoms with E-state index in [1.807, 2.05) is 0 Å². The smallest absolute Gasteiger partial charge is 0.345 e. The van der Waals surface area contributed by atoms with E-state index < -0.39 is 43.0 Å². The average molecular weight is 392 g/mol. The van der Waals surface area contributed by atoms with Crippen molar-refractivity contribution in [1.29, 1.82) is 0 Å². The van der Waals surface area contributed by atoms with Crippen LogP contribution in [-0.2, 0) is 14.3 Å². The largest absolute Gasteiger partial charge is 0.394 e. The molecule has 0 heterocycles. The second kappa shape index (κ2) is 15.9. The van der Waals surface area contributed by atoms with E-state index in [0.717, 1.165) is 19.3 Å². The summed E-state index contributed by atoms with van der Waals surface area (Å²) in [7, 11) is 0. The van der Waals surface area contributed by atoms with Gasteiger partial charge in [0.15, 0.2) is 6.10 Å². The highest BCUT2D eigenvalue weighted by Gasteiger charge is 2.35. The molecular weight excluding hydrogens is 356 g/mol. The molecule has 160 valence electrons. The molecule has 0 aliphatic heterocycles. The minimum atomic E-state index is -2.20. The van der Waals surface area contributed by atoms with Crippen LogP contribution in [0.1, 0.15) is 77.6 Å². The number of carbonyl (C=O) groups excluding carboxylic acids is 2. The van der Waals surface area contributed by atoms with Crippen LogP contribution >= 0.6 is 0 Å². The first-order chi connectivity index (χ1) is 12.8. The van der Waals surface area contributed by atoms with E-state index >= 15 is 0 Å². The summed E-state index contributed by atoms with van der Waals surface area (Å²) < 4.78 is 4.44. The van der Waals surface area contributed by atoms with Crippen LogP contribution in [0.15, 0.2) is 0 Å². The standard InChI is InChI=1S/C19H36O8/c1-2-3-4-5-6-7-8-9-10-11-12-15(22)27-19(26)18(25)17(24)16(23)14(21)13-20/h14,16-18,20-21,23-25H,2-13H2,1H3/t14-,16-,17+,18-/m1/s1. The van der Waals surface area contributed by atoms with Crippen LogP contribution in [0.3, 0.4) is 0 Å². The highest BCUT2D eigenvalue weighted by atomic mass is 16.6. The number of unbranched alkanes of at least 4 members (excludes halogenated alkanes) is 9. The second-order valence-electron chi connectivity index (χ2n) is 6.90. The fourth-order valence-electron chi connectivity index (χ4n) is 2.64. The van der Waals surface area contributed by atoms with Crippen LogP contribution in [0.5, 0.6) is 0 Å². The van der Waals surface area contributed by atoms with Gasteiger partial charge in [-0.15, -0.1) is 0 Å². The summed E-state index contributed by atoms with van der Waals surface area (Å²) in [5, 5.41) is 46.4. The summed E-state index contributed by atoms with van der Waals surface area (Å²) in [5.74, 6) is -2.22. The van der Waals surface area contributed by atoms with Crippen LogP contribution in [-0.4, -0.2) is 68.5 Å². The maximum Gasteiger partial charge on any atom is 0.345 e. The Morgan fingerprint density at radius 1 is 0.778 bits per heavy atom. The molecule has 27 heavy (non-hydrogen) atoms. The van der Waals surface area contributed by atoms with Crippen molar-refractivity contribution in [2.24, 2.45) is 0 Å². The number of ether oxygens (including phenoxy) is 1. The molecule has 0 bridgehead atoms. The van der Waals surface area contributed by atoms with Crippen molar-refractivity contribution in [3.05, 3.63) is 0 Å². The summed E-state index contributed by atoms with van der Waals surface area (Å²) in [6.45, 7) is 1.32. The predicted molar refractivity (Wildman–Crippen MR) is 98.7 cm³/mol. The van der Waals surface area contributed by atoms with Crippen LogP contribution in [0.4, 0.5) is 0 Å². The Kier molecular flexibility index (Phi) is 15.3. The van der Waals surface area contributed by atoms with Gasteiger partial charge in [-0.3, -0.25) is 4.79 Å². The topological polar surface area (TPSA) is 145 Å². The van der Waals surface area contributed by atoms with Crippen LogP contribution in [0.25, 0.3) is 0 Å². The predicted octanol–water partition coefficient (Wildman–Crippen LogP) is 0.803. The van der Waals surface area contributed by atoms with Crippen molar-refractivity contribution in [3.8, 4) is 0 Å². The third-order valence-electron chi connectivity index (χ3n) is 4.45. The van der Waals surface area contributed by atoms with Gasteiger partial charge in [0.2, 0.25) is 0 Å². The van der Waals surface area contributed by atoms with E-state index in [9.17, 15) is 30.0 Å². The Balaban J connectivity index is 3.84. The number of hydrogen-bond acceptors (Lipinski definition) is 8. The number of aliphatic hydroxyl groups is 5. The maximum atomic E-state index is 11.6. The van der Waals surface area contributed by atoms with E-state index in [0.29, 0.717) is 6.42 Å². The SMILES string of the molecule is CCCCCCCCCCCCC(=O)OC(=O)[C@H](O)[C@@H](O)[C@H](O)[C@H](O)CO. The number of hydrogen-bond donors (Lipinski definition) is 5. The molecule has 0 rings (SSSR count). The number of esters is 2.